The van der Waals surface area contributed by atoms with Gasteiger partial charge in [0.1, 0.15) is 27.7 Å². The van der Waals surface area contributed by atoms with E-state index in [2.05, 4.69) is 9.97 Å². The van der Waals surface area contributed by atoms with Gasteiger partial charge in [-0.15, -0.1) is 0 Å². The lowest BCUT2D eigenvalue weighted by Gasteiger charge is -2.13. The molecule has 0 amide bonds. The Morgan fingerprint density at radius 3 is 2.32 bits per heavy atom. The Bertz CT molecular complexity index is 1730. The van der Waals surface area contributed by atoms with E-state index in [-0.39, 0.29) is 55.9 Å². The third-order valence-corrected chi connectivity index (χ3v) is 8.65. The molecule has 1 heterocycles. The molecule has 0 saturated heterocycles. The topological polar surface area (TPSA) is 103 Å². The van der Waals surface area contributed by atoms with Gasteiger partial charge in [0.2, 0.25) is 0 Å². The predicted octanol–water partition coefficient (Wildman–Crippen LogP) is 5.97. The molecule has 0 N–H and O–H groups in total. The molecule has 7 nitrogen and oxygen atoms in total. The van der Waals surface area contributed by atoms with Crippen molar-refractivity contribution in [3.8, 4) is 22.8 Å². The fourth-order valence-corrected chi connectivity index (χ4v) is 6.18. The lowest BCUT2D eigenvalue weighted by atomic mass is 10.0. The molecule has 4 aromatic rings. The minimum Gasteiger partial charge on any atom is -0.457 e. The molecule has 4 rings (SSSR count). The maximum atomic E-state index is 13.5. The second-order valence-corrected chi connectivity index (χ2v) is 13.2. The number of benzene rings is 3. The number of nitrogens with zero attached hydrogens (tertiary/aromatic N) is 2. The fourth-order valence-electron chi connectivity index (χ4n) is 3.78. The van der Waals surface area contributed by atoms with Crippen LogP contribution in [0.3, 0.4) is 0 Å². The number of rotatable bonds is 8. The molecule has 1 aromatic heterocycles. The van der Waals surface area contributed by atoms with E-state index in [0.29, 0.717) is 5.56 Å². The van der Waals surface area contributed by atoms with Gasteiger partial charge in [-0.25, -0.2) is 26.8 Å². The summed E-state index contributed by atoms with van der Waals surface area (Å²) in [6.45, 7) is 0. The van der Waals surface area contributed by atoms with Gasteiger partial charge in [0.15, 0.2) is 9.84 Å². The monoisotopic (exact) mass is 584 g/mol. The number of para-hydroxylation sites is 1. The van der Waals surface area contributed by atoms with Crippen molar-refractivity contribution in [1.29, 1.82) is 0 Å². The van der Waals surface area contributed by atoms with Gasteiger partial charge in [-0.05, 0) is 48.9 Å². The molecule has 13 heteroatoms. The summed E-state index contributed by atoms with van der Waals surface area (Å²) >= 11 is 6.37. The van der Waals surface area contributed by atoms with Gasteiger partial charge in [-0.2, -0.15) is 13.2 Å². The summed E-state index contributed by atoms with van der Waals surface area (Å²) < 4.78 is 94.3. The summed E-state index contributed by atoms with van der Waals surface area (Å²) in [5, 5.41) is 0.348. The van der Waals surface area contributed by atoms with Gasteiger partial charge in [0.05, 0.1) is 38.2 Å². The van der Waals surface area contributed by atoms with Crippen LogP contribution in [0.15, 0.2) is 71.9 Å². The average Bonchev–Trinajstić information content (AvgIpc) is 2.83. The van der Waals surface area contributed by atoms with Crippen LogP contribution in [0, 0.1) is 0 Å². The second kappa shape index (κ2) is 10.5. The summed E-state index contributed by atoms with van der Waals surface area (Å²) in [7, 11) is -7.07. The van der Waals surface area contributed by atoms with Crippen molar-refractivity contribution in [2.24, 2.45) is 0 Å². The first kappa shape index (κ1) is 27.8. The highest BCUT2D eigenvalue weighted by molar-refractivity contribution is 7.92. The van der Waals surface area contributed by atoms with Crippen molar-refractivity contribution in [2.75, 3.05) is 17.8 Å². The molecule has 0 aliphatic carbocycles. The van der Waals surface area contributed by atoms with E-state index >= 15 is 0 Å². The summed E-state index contributed by atoms with van der Waals surface area (Å²) in [6.07, 6.45) is -2.60. The zero-order chi connectivity index (χ0) is 27.7. The molecule has 0 unspecified atom stereocenters. The van der Waals surface area contributed by atoms with E-state index in [1.54, 1.807) is 0 Å². The molecule has 0 saturated carbocycles. The Labute approximate surface area is 222 Å². The maximum absolute atomic E-state index is 13.5. The molecule has 0 spiro atoms. The zero-order valence-electron chi connectivity index (χ0n) is 19.7. The molecular weight excluding hydrogens is 565 g/mol. The minimum absolute atomic E-state index is 0.0424. The summed E-state index contributed by atoms with van der Waals surface area (Å²) in [6, 6.07) is 13.8. The van der Waals surface area contributed by atoms with Crippen LogP contribution in [0.25, 0.3) is 22.2 Å². The molecule has 0 aliphatic rings. The predicted molar refractivity (Wildman–Crippen MR) is 138 cm³/mol. The van der Waals surface area contributed by atoms with Crippen LogP contribution in [0.5, 0.6) is 11.5 Å². The van der Waals surface area contributed by atoms with Crippen LogP contribution in [0.2, 0.25) is 5.02 Å². The Hall–Kier alpha value is -3.22. The van der Waals surface area contributed by atoms with Crippen LogP contribution in [-0.2, 0) is 25.9 Å². The number of ether oxygens (including phenoxy) is 1. The Balaban J connectivity index is 1.66. The second-order valence-electron chi connectivity index (χ2n) is 8.44. The van der Waals surface area contributed by atoms with Crippen LogP contribution in [0.4, 0.5) is 13.2 Å². The number of alkyl halides is 3. The summed E-state index contributed by atoms with van der Waals surface area (Å²) in [5.41, 5.74) is -0.725. The van der Waals surface area contributed by atoms with Crippen molar-refractivity contribution in [3.63, 3.8) is 0 Å². The van der Waals surface area contributed by atoms with Crippen LogP contribution in [-0.4, -0.2) is 44.6 Å². The number of hydrogen-bond acceptors (Lipinski definition) is 7. The van der Waals surface area contributed by atoms with Gasteiger partial charge >= 0.3 is 6.18 Å². The van der Waals surface area contributed by atoms with E-state index in [1.165, 1.54) is 54.6 Å². The highest BCUT2D eigenvalue weighted by atomic mass is 35.5. The molecule has 0 aliphatic heterocycles. The van der Waals surface area contributed by atoms with Crippen LogP contribution in [0.1, 0.15) is 12.0 Å². The van der Waals surface area contributed by atoms with Gasteiger partial charge < -0.3 is 4.74 Å². The van der Waals surface area contributed by atoms with Crippen molar-refractivity contribution < 1.29 is 34.7 Å². The molecule has 200 valence electrons. The first-order valence-electron chi connectivity index (χ1n) is 11.0. The largest absolute Gasteiger partial charge is 0.457 e. The van der Waals surface area contributed by atoms with E-state index in [1.807, 2.05) is 0 Å². The van der Waals surface area contributed by atoms with Crippen LogP contribution >= 0.6 is 11.6 Å². The molecular formula is C25H20ClF3N2O5S2. The minimum atomic E-state index is -4.62. The molecule has 38 heavy (non-hydrogen) atoms. The quantitative estimate of drug-likeness (QED) is 0.251. The van der Waals surface area contributed by atoms with Crippen molar-refractivity contribution in [2.45, 2.75) is 17.5 Å². The zero-order valence-corrected chi connectivity index (χ0v) is 22.1. The first-order chi connectivity index (χ1) is 17.7. The standard InChI is InChI=1S/C25H20ClF3N2O5S2/c1-37(32,33)11-4-12-38(34,35)18-6-2-5-16(13-18)36-17-9-10-22(26)20(14-17)23-19-7-3-8-21(25(27,28)29)24(19)31-15-30-23/h2-3,5-10,13-15H,4,11-12H2,1H3. The smallest absolute Gasteiger partial charge is 0.418 e. The number of aromatic nitrogens is 2. The molecule has 0 fully saturated rings. The molecule has 0 atom stereocenters. The van der Waals surface area contributed by atoms with Gasteiger partial charge in [0.25, 0.3) is 0 Å². The number of sulfone groups is 2. The highest BCUT2D eigenvalue weighted by Crippen LogP contribution is 2.39. The first-order valence-corrected chi connectivity index (χ1v) is 15.1. The third kappa shape index (κ3) is 6.43. The SMILES string of the molecule is CS(=O)(=O)CCCS(=O)(=O)c1cccc(Oc2ccc(Cl)c(-c3ncnc4c(C(F)(F)F)cccc34)c2)c1. The normalized spacial score (nSPS) is 12.6. The van der Waals surface area contributed by atoms with E-state index in [9.17, 15) is 30.0 Å². The number of fused-ring (bicyclic) bond motifs is 1. The van der Waals surface area contributed by atoms with Crippen molar-refractivity contribution in [3.05, 3.63) is 77.6 Å². The number of halogens is 4. The van der Waals surface area contributed by atoms with E-state index in [4.69, 9.17) is 16.3 Å². The highest BCUT2D eigenvalue weighted by Gasteiger charge is 2.33. The van der Waals surface area contributed by atoms with E-state index < -0.39 is 31.4 Å². The van der Waals surface area contributed by atoms with Gasteiger partial charge in [-0.1, -0.05) is 29.8 Å². The molecule has 3 aromatic carbocycles. The fraction of sp³-hybridized carbons (Fsp3) is 0.200. The Morgan fingerprint density at radius 2 is 1.61 bits per heavy atom. The number of hydrogen-bond donors (Lipinski definition) is 0. The summed E-state index contributed by atoms with van der Waals surface area (Å²) in [5.74, 6) is -0.197. The Morgan fingerprint density at radius 1 is 0.895 bits per heavy atom. The van der Waals surface area contributed by atoms with Gasteiger partial charge in [-0.3, -0.25) is 0 Å². The van der Waals surface area contributed by atoms with Crippen molar-refractivity contribution >= 4 is 42.2 Å². The summed E-state index contributed by atoms with van der Waals surface area (Å²) in [4.78, 5) is 7.94. The Kier molecular flexibility index (Phi) is 7.69. The van der Waals surface area contributed by atoms with Gasteiger partial charge in [0, 0.05) is 17.2 Å². The maximum Gasteiger partial charge on any atom is 0.418 e. The lowest BCUT2D eigenvalue weighted by Crippen LogP contribution is -2.12. The average molecular weight is 585 g/mol. The third-order valence-electron chi connectivity index (χ3n) is 5.49. The van der Waals surface area contributed by atoms with E-state index in [0.717, 1.165) is 18.6 Å². The molecule has 0 bridgehead atoms. The molecule has 0 radical (unpaired) electrons. The van der Waals surface area contributed by atoms with Crippen molar-refractivity contribution in [1.82, 2.24) is 9.97 Å². The lowest BCUT2D eigenvalue weighted by molar-refractivity contribution is -0.136. The van der Waals surface area contributed by atoms with Crippen LogP contribution < -0.4 is 4.74 Å².